The average Bonchev–Trinajstić information content (AvgIpc) is 3.46. The molecule has 0 aliphatic carbocycles. The second-order valence-corrected chi connectivity index (χ2v) is 8.34. The molecule has 3 aromatic rings. The van der Waals surface area contributed by atoms with Gasteiger partial charge in [-0.2, -0.15) is 0 Å². The Balaban J connectivity index is 1.49. The Bertz CT molecular complexity index is 1010. The summed E-state index contributed by atoms with van der Waals surface area (Å²) in [5.41, 5.74) is 2.77. The number of carbonyl (C=O) groups is 2. The number of rotatable bonds is 10. The molecule has 1 aliphatic heterocycles. The van der Waals surface area contributed by atoms with Crippen LogP contribution in [0.4, 0.5) is 0 Å². The molecule has 1 aromatic heterocycles. The molecule has 4 rings (SSSR count). The first-order valence-electron chi connectivity index (χ1n) is 11.6. The van der Waals surface area contributed by atoms with Gasteiger partial charge in [-0.15, -0.1) is 0 Å². The number of aromatic nitrogens is 1. The molecule has 2 aromatic carbocycles. The van der Waals surface area contributed by atoms with Gasteiger partial charge >= 0.3 is 5.97 Å². The maximum absolute atomic E-state index is 12.6. The Hall–Kier alpha value is -3.41. The van der Waals surface area contributed by atoms with E-state index in [4.69, 9.17) is 9.40 Å². The first-order chi connectivity index (χ1) is 16.2. The molecule has 1 fully saturated rings. The molecule has 1 unspecified atom stereocenters. The summed E-state index contributed by atoms with van der Waals surface area (Å²) in [5.74, 6) is 1.32. The number of esters is 1. The van der Waals surface area contributed by atoms with Gasteiger partial charge in [0.15, 0.2) is 5.76 Å². The van der Waals surface area contributed by atoms with E-state index in [9.17, 15) is 9.59 Å². The van der Waals surface area contributed by atoms with Gasteiger partial charge in [0.2, 0.25) is 11.8 Å². The lowest BCUT2D eigenvalue weighted by atomic mass is 10.1. The summed E-state index contributed by atoms with van der Waals surface area (Å²) in [4.78, 5) is 30.7. The predicted molar refractivity (Wildman–Crippen MR) is 126 cm³/mol. The summed E-state index contributed by atoms with van der Waals surface area (Å²) in [7, 11) is 1.41. The normalized spacial score (nSPS) is 15.7. The van der Waals surface area contributed by atoms with Crippen molar-refractivity contribution in [3.63, 3.8) is 0 Å². The van der Waals surface area contributed by atoms with Crippen molar-refractivity contribution < 1.29 is 18.7 Å². The highest BCUT2D eigenvalue weighted by Gasteiger charge is 2.36. The molecule has 1 amide bonds. The van der Waals surface area contributed by atoms with E-state index < -0.39 is 0 Å². The summed E-state index contributed by atoms with van der Waals surface area (Å²) in [5, 5.41) is 0. The van der Waals surface area contributed by atoms with Crippen LogP contribution in [0.15, 0.2) is 65.1 Å². The quantitative estimate of drug-likeness (QED) is 0.291. The minimum absolute atomic E-state index is 0.146. The summed E-state index contributed by atoms with van der Waals surface area (Å²) in [6.07, 6.45) is 5.27. The highest BCUT2D eigenvalue weighted by molar-refractivity contribution is 5.80. The third-order valence-corrected chi connectivity index (χ3v) is 6.10. The highest BCUT2D eigenvalue weighted by Crippen LogP contribution is 2.39. The molecular weight excluding hydrogens is 416 g/mol. The molecule has 0 radical (unpaired) electrons. The van der Waals surface area contributed by atoms with Gasteiger partial charge in [-0.05, 0) is 19.3 Å². The molecule has 1 atom stereocenters. The third kappa shape index (κ3) is 5.51. The molecule has 0 saturated carbocycles. The fourth-order valence-electron chi connectivity index (χ4n) is 4.33. The predicted octanol–water partition coefficient (Wildman–Crippen LogP) is 5.80. The van der Waals surface area contributed by atoms with Crippen LogP contribution in [0, 0.1) is 0 Å². The fourth-order valence-corrected chi connectivity index (χ4v) is 4.33. The molecule has 0 spiro atoms. The zero-order valence-corrected chi connectivity index (χ0v) is 19.0. The molecule has 172 valence electrons. The van der Waals surface area contributed by atoms with Crippen molar-refractivity contribution >= 4 is 11.9 Å². The van der Waals surface area contributed by atoms with Gasteiger partial charge < -0.3 is 14.1 Å². The fraction of sp³-hybridized carbons (Fsp3) is 0.370. The first kappa shape index (κ1) is 22.8. The van der Waals surface area contributed by atoms with Gasteiger partial charge in [0.05, 0.1) is 7.11 Å². The zero-order valence-electron chi connectivity index (χ0n) is 19.0. The van der Waals surface area contributed by atoms with E-state index in [0.717, 1.165) is 48.3 Å². The molecule has 2 heterocycles. The number of hydrogen-bond donors (Lipinski definition) is 0. The molecule has 1 saturated heterocycles. The lowest BCUT2D eigenvalue weighted by molar-refractivity contribution is -0.140. The number of benzene rings is 2. The van der Waals surface area contributed by atoms with Crippen LogP contribution >= 0.6 is 0 Å². The number of ether oxygens (including phenoxy) is 1. The van der Waals surface area contributed by atoms with E-state index in [-0.39, 0.29) is 17.9 Å². The number of methoxy groups -OCH3 is 1. The van der Waals surface area contributed by atoms with Crippen molar-refractivity contribution in [2.24, 2.45) is 0 Å². The Kier molecular flexibility index (Phi) is 7.55. The van der Waals surface area contributed by atoms with Gasteiger partial charge in [0.25, 0.3) is 0 Å². The zero-order chi connectivity index (χ0) is 23.0. The smallest absolute Gasteiger partial charge is 0.305 e. The van der Waals surface area contributed by atoms with Crippen molar-refractivity contribution in [2.75, 3.05) is 13.7 Å². The average molecular weight is 447 g/mol. The van der Waals surface area contributed by atoms with Gasteiger partial charge in [-0.25, -0.2) is 4.98 Å². The van der Waals surface area contributed by atoms with Crippen molar-refractivity contribution in [1.82, 2.24) is 9.88 Å². The lowest BCUT2D eigenvalue weighted by Crippen LogP contribution is -2.29. The Morgan fingerprint density at radius 3 is 2.36 bits per heavy atom. The van der Waals surface area contributed by atoms with Crippen LogP contribution in [0.25, 0.3) is 22.6 Å². The number of nitrogens with zero attached hydrogens (tertiary/aromatic N) is 2. The van der Waals surface area contributed by atoms with Crippen LogP contribution in [-0.2, 0) is 14.3 Å². The van der Waals surface area contributed by atoms with Crippen molar-refractivity contribution in [2.45, 2.75) is 51.0 Å². The Labute approximate surface area is 194 Å². The van der Waals surface area contributed by atoms with Crippen LogP contribution in [-0.4, -0.2) is 35.4 Å². The molecule has 0 bridgehead atoms. The molecule has 0 N–H and O–H groups in total. The van der Waals surface area contributed by atoms with E-state index in [1.807, 2.05) is 65.6 Å². The van der Waals surface area contributed by atoms with Crippen molar-refractivity contribution in [3.05, 3.63) is 66.6 Å². The summed E-state index contributed by atoms with van der Waals surface area (Å²) < 4.78 is 11.0. The van der Waals surface area contributed by atoms with Crippen LogP contribution in [0.3, 0.4) is 0 Å². The van der Waals surface area contributed by atoms with E-state index in [0.29, 0.717) is 31.7 Å². The number of unbranched alkanes of at least 4 members (excludes halogenated alkanes) is 3. The second-order valence-electron chi connectivity index (χ2n) is 8.34. The minimum Gasteiger partial charge on any atom is -0.469 e. The first-order valence-corrected chi connectivity index (χ1v) is 11.6. The largest absolute Gasteiger partial charge is 0.469 e. The molecule has 1 aliphatic rings. The van der Waals surface area contributed by atoms with Crippen molar-refractivity contribution in [1.29, 1.82) is 0 Å². The maximum atomic E-state index is 12.6. The number of amides is 1. The van der Waals surface area contributed by atoms with Crippen LogP contribution in [0.1, 0.15) is 56.9 Å². The number of hydrogen-bond acceptors (Lipinski definition) is 5. The molecule has 6 nitrogen and oxygen atoms in total. The van der Waals surface area contributed by atoms with Gasteiger partial charge in [-0.3, -0.25) is 9.59 Å². The SMILES string of the molecule is COC(=O)CCCCCCN1C(=O)CCC1c1nc(-c2ccccc2)c(-c2ccccc2)o1. The summed E-state index contributed by atoms with van der Waals surface area (Å²) >= 11 is 0. The number of likely N-dealkylation sites (tertiary alicyclic amines) is 1. The van der Waals surface area contributed by atoms with E-state index >= 15 is 0 Å². The molecule has 33 heavy (non-hydrogen) atoms. The molecule has 6 heteroatoms. The van der Waals surface area contributed by atoms with Crippen LogP contribution in [0.5, 0.6) is 0 Å². The standard InChI is InChI=1S/C27H30N2O4/c1-32-24(31)16-10-2-3-11-19-29-22(17-18-23(29)30)27-28-25(20-12-6-4-7-13-20)26(33-27)21-14-8-5-9-15-21/h4-9,12-15,22H,2-3,10-11,16-19H2,1H3. The number of oxazole rings is 1. The minimum atomic E-state index is -0.169. The highest BCUT2D eigenvalue weighted by atomic mass is 16.5. The van der Waals surface area contributed by atoms with Crippen LogP contribution in [0.2, 0.25) is 0 Å². The Morgan fingerprint density at radius 2 is 1.67 bits per heavy atom. The van der Waals surface area contributed by atoms with E-state index in [1.165, 1.54) is 7.11 Å². The Morgan fingerprint density at radius 1 is 1.00 bits per heavy atom. The van der Waals surface area contributed by atoms with E-state index in [2.05, 4.69) is 4.74 Å². The summed E-state index contributed by atoms with van der Waals surface area (Å²) in [6, 6.07) is 19.9. The lowest BCUT2D eigenvalue weighted by Gasteiger charge is -2.22. The van der Waals surface area contributed by atoms with Crippen molar-refractivity contribution in [3.8, 4) is 22.6 Å². The maximum Gasteiger partial charge on any atom is 0.305 e. The number of carbonyl (C=O) groups excluding carboxylic acids is 2. The van der Waals surface area contributed by atoms with Gasteiger partial charge in [0, 0.05) is 30.5 Å². The monoisotopic (exact) mass is 446 g/mol. The molecular formula is C27H30N2O4. The second kappa shape index (κ2) is 10.9. The summed E-state index contributed by atoms with van der Waals surface area (Å²) in [6.45, 7) is 0.672. The van der Waals surface area contributed by atoms with Gasteiger partial charge in [-0.1, -0.05) is 73.5 Å². The van der Waals surface area contributed by atoms with Crippen LogP contribution < -0.4 is 0 Å². The van der Waals surface area contributed by atoms with Gasteiger partial charge in [0.1, 0.15) is 11.7 Å². The van der Waals surface area contributed by atoms with E-state index in [1.54, 1.807) is 0 Å². The third-order valence-electron chi connectivity index (χ3n) is 6.10. The topological polar surface area (TPSA) is 72.6 Å².